The molecule has 0 amide bonds. The summed E-state index contributed by atoms with van der Waals surface area (Å²) in [5, 5.41) is 17.2. The fourth-order valence-electron chi connectivity index (χ4n) is 1.22. The van der Waals surface area contributed by atoms with Crippen LogP contribution in [0, 0.1) is 0 Å². The molecule has 1 unspecified atom stereocenters. The van der Waals surface area contributed by atoms with Gasteiger partial charge in [0, 0.05) is 0 Å². The number of hydrogen-bond donors (Lipinski definition) is 1. The number of nitrogens with zero attached hydrogens (tertiary/aromatic N) is 3. The molecule has 4 nitrogen and oxygen atoms in total. The average molecular weight is 224 g/mol. The van der Waals surface area contributed by atoms with Crippen LogP contribution < -0.4 is 0 Å². The molecule has 1 aromatic carbocycles. The van der Waals surface area contributed by atoms with Crippen LogP contribution in [0.5, 0.6) is 0 Å². The van der Waals surface area contributed by atoms with Crippen LogP contribution in [0.25, 0.3) is 5.69 Å². The highest BCUT2D eigenvalue weighted by Crippen LogP contribution is 2.12. The summed E-state index contributed by atoms with van der Waals surface area (Å²) in [4.78, 5) is 0. The van der Waals surface area contributed by atoms with Crippen molar-refractivity contribution in [3.8, 4) is 5.69 Å². The molecule has 0 fully saturated rings. The number of rotatable bonds is 3. The molecule has 0 saturated heterocycles. The summed E-state index contributed by atoms with van der Waals surface area (Å²) in [5.74, 6) is 0.119. The minimum Gasteiger partial charge on any atom is -0.385 e. The van der Waals surface area contributed by atoms with E-state index in [1.165, 1.54) is 0 Å². The lowest BCUT2D eigenvalue weighted by Gasteiger charge is -1.99. The van der Waals surface area contributed by atoms with Crippen molar-refractivity contribution in [2.45, 2.75) is 6.10 Å². The minimum absolute atomic E-state index is 0.119. The molecule has 15 heavy (non-hydrogen) atoms. The van der Waals surface area contributed by atoms with Crippen molar-refractivity contribution in [1.82, 2.24) is 15.0 Å². The van der Waals surface area contributed by atoms with Crippen molar-refractivity contribution >= 4 is 11.6 Å². The largest absolute Gasteiger partial charge is 0.385 e. The van der Waals surface area contributed by atoms with Gasteiger partial charge in [0.2, 0.25) is 0 Å². The van der Waals surface area contributed by atoms with Crippen LogP contribution in [0.15, 0.2) is 36.5 Å². The summed E-state index contributed by atoms with van der Waals surface area (Å²) in [6.45, 7) is 0. The maximum Gasteiger partial charge on any atom is 0.113 e. The van der Waals surface area contributed by atoms with E-state index in [-0.39, 0.29) is 5.88 Å². The second-order valence-electron chi connectivity index (χ2n) is 3.09. The van der Waals surface area contributed by atoms with Crippen molar-refractivity contribution in [2.24, 2.45) is 0 Å². The lowest BCUT2D eigenvalue weighted by atomic mass is 10.3. The van der Waals surface area contributed by atoms with Crippen molar-refractivity contribution < 1.29 is 5.11 Å². The zero-order chi connectivity index (χ0) is 10.7. The van der Waals surface area contributed by atoms with E-state index in [1.807, 2.05) is 30.3 Å². The zero-order valence-electron chi connectivity index (χ0n) is 7.92. The predicted molar refractivity (Wildman–Crippen MR) is 57.0 cm³/mol. The van der Waals surface area contributed by atoms with Crippen LogP contribution in [-0.2, 0) is 0 Å². The average Bonchev–Trinajstić information content (AvgIpc) is 2.78. The van der Waals surface area contributed by atoms with Crippen LogP contribution in [0.3, 0.4) is 0 Å². The topological polar surface area (TPSA) is 50.9 Å². The Labute approximate surface area is 92.1 Å². The molecule has 5 heteroatoms. The van der Waals surface area contributed by atoms with E-state index in [9.17, 15) is 5.11 Å². The molecule has 1 heterocycles. The van der Waals surface area contributed by atoms with Crippen LogP contribution in [0.4, 0.5) is 0 Å². The molecule has 78 valence electrons. The first-order valence-electron chi connectivity index (χ1n) is 4.53. The molecule has 0 aliphatic carbocycles. The van der Waals surface area contributed by atoms with Crippen LogP contribution >= 0.6 is 11.6 Å². The van der Waals surface area contributed by atoms with E-state index in [1.54, 1.807) is 10.9 Å². The molecule has 2 rings (SSSR count). The molecule has 0 bridgehead atoms. The van der Waals surface area contributed by atoms with Gasteiger partial charge < -0.3 is 5.11 Å². The normalized spacial score (nSPS) is 12.7. The van der Waals surface area contributed by atoms with Gasteiger partial charge in [0.1, 0.15) is 11.8 Å². The highest BCUT2D eigenvalue weighted by Gasteiger charge is 2.10. The highest BCUT2D eigenvalue weighted by atomic mass is 35.5. The van der Waals surface area contributed by atoms with Gasteiger partial charge in [-0.1, -0.05) is 23.4 Å². The first kappa shape index (κ1) is 10.1. The lowest BCUT2D eigenvalue weighted by Crippen LogP contribution is -1.98. The fourth-order valence-corrected chi connectivity index (χ4v) is 1.37. The lowest BCUT2D eigenvalue weighted by molar-refractivity contribution is 0.197. The molecule has 0 aliphatic rings. The van der Waals surface area contributed by atoms with Crippen LogP contribution in [0.1, 0.15) is 11.8 Å². The fraction of sp³-hybridized carbons (Fsp3) is 0.200. The molecule has 0 spiro atoms. The van der Waals surface area contributed by atoms with Gasteiger partial charge in [0.05, 0.1) is 17.8 Å². The van der Waals surface area contributed by atoms with E-state index in [0.29, 0.717) is 5.69 Å². The molecule has 1 atom stereocenters. The number of hydrogen-bond acceptors (Lipinski definition) is 3. The second kappa shape index (κ2) is 4.42. The maximum atomic E-state index is 9.44. The summed E-state index contributed by atoms with van der Waals surface area (Å²) in [7, 11) is 0. The van der Waals surface area contributed by atoms with Crippen LogP contribution in [0.2, 0.25) is 0 Å². The Morgan fingerprint density at radius 1 is 1.33 bits per heavy atom. The Morgan fingerprint density at radius 2 is 2.07 bits per heavy atom. The van der Waals surface area contributed by atoms with E-state index in [0.717, 1.165) is 5.69 Å². The first-order valence-corrected chi connectivity index (χ1v) is 5.06. The smallest absolute Gasteiger partial charge is 0.113 e. The van der Waals surface area contributed by atoms with Gasteiger partial charge >= 0.3 is 0 Å². The Bertz CT molecular complexity index is 429. The van der Waals surface area contributed by atoms with Gasteiger partial charge in [-0.05, 0) is 12.1 Å². The first-order chi connectivity index (χ1) is 7.31. The Balaban J connectivity index is 2.28. The molecule has 1 aromatic heterocycles. The summed E-state index contributed by atoms with van der Waals surface area (Å²) in [5.41, 5.74) is 1.38. The van der Waals surface area contributed by atoms with E-state index in [2.05, 4.69) is 10.3 Å². The summed E-state index contributed by atoms with van der Waals surface area (Å²) < 4.78 is 1.60. The van der Waals surface area contributed by atoms with E-state index >= 15 is 0 Å². The number of aliphatic hydroxyl groups is 1. The summed E-state index contributed by atoms with van der Waals surface area (Å²) in [6, 6.07) is 9.56. The number of para-hydroxylation sites is 1. The number of alkyl halides is 1. The zero-order valence-corrected chi connectivity index (χ0v) is 8.67. The van der Waals surface area contributed by atoms with E-state index < -0.39 is 6.10 Å². The SMILES string of the molecule is OC(CCl)c1cn(-c2ccccc2)nn1. The molecular weight excluding hydrogens is 214 g/mol. The summed E-state index contributed by atoms with van der Waals surface area (Å²) in [6.07, 6.45) is 0.909. The number of aliphatic hydroxyl groups excluding tert-OH is 1. The number of benzene rings is 1. The Hall–Kier alpha value is -1.39. The third-order valence-corrected chi connectivity index (χ3v) is 2.31. The van der Waals surface area contributed by atoms with Gasteiger partial charge in [-0.15, -0.1) is 16.7 Å². The third-order valence-electron chi connectivity index (χ3n) is 2.02. The Morgan fingerprint density at radius 3 is 2.73 bits per heavy atom. The molecule has 0 radical (unpaired) electrons. The van der Waals surface area contributed by atoms with Crippen LogP contribution in [-0.4, -0.2) is 26.0 Å². The van der Waals surface area contributed by atoms with Gasteiger partial charge in [-0.25, -0.2) is 4.68 Å². The van der Waals surface area contributed by atoms with Crippen molar-refractivity contribution in [2.75, 3.05) is 5.88 Å². The number of aromatic nitrogens is 3. The highest BCUT2D eigenvalue weighted by molar-refractivity contribution is 6.18. The van der Waals surface area contributed by atoms with E-state index in [4.69, 9.17) is 11.6 Å². The van der Waals surface area contributed by atoms with Crippen molar-refractivity contribution in [3.63, 3.8) is 0 Å². The van der Waals surface area contributed by atoms with Crippen molar-refractivity contribution in [1.29, 1.82) is 0 Å². The standard InChI is InChI=1S/C10H10ClN3O/c11-6-10(15)9-7-14(13-12-9)8-4-2-1-3-5-8/h1-5,7,10,15H,6H2. The predicted octanol–water partition coefficient (Wildman–Crippen LogP) is 1.54. The Kier molecular flexibility index (Phi) is 2.99. The number of halogens is 1. The molecule has 0 aliphatic heterocycles. The second-order valence-corrected chi connectivity index (χ2v) is 3.40. The van der Waals surface area contributed by atoms with Gasteiger partial charge in [0.25, 0.3) is 0 Å². The molecular formula is C10H10ClN3O. The maximum absolute atomic E-state index is 9.44. The van der Waals surface area contributed by atoms with Gasteiger partial charge in [0.15, 0.2) is 0 Å². The summed E-state index contributed by atoms with van der Waals surface area (Å²) >= 11 is 5.51. The third kappa shape index (κ3) is 2.16. The van der Waals surface area contributed by atoms with Gasteiger partial charge in [-0.3, -0.25) is 0 Å². The molecule has 0 saturated carbocycles. The quantitative estimate of drug-likeness (QED) is 0.804. The monoisotopic (exact) mass is 223 g/mol. The van der Waals surface area contributed by atoms with Crippen molar-refractivity contribution in [3.05, 3.63) is 42.2 Å². The van der Waals surface area contributed by atoms with Gasteiger partial charge in [-0.2, -0.15) is 0 Å². The molecule has 1 N–H and O–H groups in total. The molecule has 2 aromatic rings. The minimum atomic E-state index is -0.760.